The van der Waals surface area contributed by atoms with Gasteiger partial charge in [-0.1, -0.05) is 115 Å². The van der Waals surface area contributed by atoms with Crippen LogP contribution in [0.15, 0.2) is 24.3 Å². The average Bonchev–Trinajstić information content (AvgIpc) is 2.60. The maximum atomic E-state index is 6.45. The monoisotopic (exact) mass is 331 g/mol. The fourth-order valence-electron chi connectivity index (χ4n) is 3.58. The molecule has 1 nitrogen and oxygen atoms in total. The lowest BCUT2D eigenvalue weighted by molar-refractivity contribution is 0.525. The van der Waals surface area contributed by atoms with E-state index in [1.165, 1.54) is 88.2 Å². The first-order chi connectivity index (χ1) is 11.8. The Hall–Kier alpha value is -0.820. The van der Waals surface area contributed by atoms with E-state index < -0.39 is 0 Å². The van der Waals surface area contributed by atoms with Crippen LogP contribution >= 0.6 is 0 Å². The summed E-state index contributed by atoms with van der Waals surface area (Å²) in [5.74, 6) is 0. The topological polar surface area (TPSA) is 26.0 Å². The normalized spacial score (nSPS) is 12.5. The summed E-state index contributed by atoms with van der Waals surface area (Å²) >= 11 is 0. The van der Waals surface area contributed by atoms with Crippen molar-refractivity contribution in [3.63, 3.8) is 0 Å². The SMILES string of the molecule is CCCCCCCCCCCCCC(N)c1ccccc1CCC. The Morgan fingerprint density at radius 3 is 1.83 bits per heavy atom. The van der Waals surface area contributed by atoms with Crippen LogP contribution in [0.3, 0.4) is 0 Å². The van der Waals surface area contributed by atoms with Gasteiger partial charge in [0.25, 0.3) is 0 Å². The van der Waals surface area contributed by atoms with E-state index in [9.17, 15) is 0 Å². The second-order valence-electron chi connectivity index (χ2n) is 7.38. The summed E-state index contributed by atoms with van der Waals surface area (Å²) in [5.41, 5.74) is 9.28. The molecule has 1 aromatic carbocycles. The molecule has 24 heavy (non-hydrogen) atoms. The summed E-state index contributed by atoms with van der Waals surface area (Å²) in [6.07, 6.45) is 18.9. The molecule has 0 heterocycles. The molecule has 1 rings (SSSR count). The Balaban J connectivity index is 2.05. The summed E-state index contributed by atoms with van der Waals surface area (Å²) in [6, 6.07) is 8.98. The molecule has 0 aliphatic carbocycles. The van der Waals surface area contributed by atoms with E-state index in [0.717, 1.165) is 12.8 Å². The molecule has 0 aliphatic heterocycles. The zero-order valence-electron chi connectivity index (χ0n) is 16.4. The maximum Gasteiger partial charge on any atom is 0.0297 e. The van der Waals surface area contributed by atoms with Crippen molar-refractivity contribution < 1.29 is 0 Å². The largest absolute Gasteiger partial charge is 0.324 e. The Bertz CT molecular complexity index is 399. The third-order valence-electron chi connectivity index (χ3n) is 5.09. The van der Waals surface area contributed by atoms with Crippen LogP contribution in [-0.2, 0) is 6.42 Å². The van der Waals surface area contributed by atoms with Gasteiger partial charge < -0.3 is 5.73 Å². The van der Waals surface area contributed by atoms with Crippen molar-refractivity contribution in [1.82, 2.24) is 0 Å². The summed E-state index contributed by atoms with van der Waals surface area (Å²) in [7, 11) is 0. The standard InChI is InChI=1S/C23H41N/c1-3-5-6-7-8-9-10-11-12-13-14-20-23(24)22-19-16-15-18-21(22)17-4-2/h15-16,18-19,23H,3-14,17,20,24H2,1-2H3. The molecule has 138 valence electrons. The van der Waals surface area contributed by atoms with Crippen LogP contribution in [0.1, 0.15) is 114 Å². The molecule has 0 spiro atoms. The van der Waals surface area contributed by atoms with Crippen molar-refractivity contribution >= 4 is 0 Å². The summed E-state index contributed by atoms with van der Waals surface area (Å²) in [4.78, 5) is 0. The highest BCUT2D eigenvalue weighted by atomic mass is 14.6. The minimum atomic E-state index is 0.228. The molecular formula is C23H41N. The number of unbranched alkanes of at least 4 members (excludes halogenated alkanes) is 10. The fraction of sp³-hybridized carbons (Fsp3) is 0.739. The minimum absolute atomic E-state index is 0.228. The fourth-order valence-corrected chi connectivity index (χ4v) is 3.58. The second kappa shape index (κ2) is 14.5. The number of nitrogens with two attached hydrogens (primary N) is 1. The van der Waals surface area contributed by atoms with Gasteiger partial charge in [-0.05, 0) is 24.0 Å². The number of benzene rings is 1. The van der Waals surface area contributed by atoms with Crippen molar-refractivity contribution in [1.29, 1.82) is 0 Å². The van der Waals surface area contributed by atoms with Gasteiger partial charge in [-0.2, -0.15) is 0 Å². The van der Waals surface area contributed by atoms with Crippen molar-refractivity contribution in [2.75, 3.05) is 0 Å². The van der Waals surface area contributed by atoms with E-state index in [2.05, 4.69) is 38.1 Å². The van der Waals surface area contributed by atoms with Crippen molar-refractivity contribution in [2.45, 2.75) is 110 Å². The predicted molar refractivity (Wildman–Crippen MR) is 108 cm³/mol. The Morgan fingerprint density at radius 2 is 1.25 bits per heavy atom. The first-order valence-electron chi connectivity index (χ1n) is 10.6. The Labute approximate surface area is 151 Å². The molecule has 1 aromatic rings. The number of hydrogen-bond donors (Lipinski definition) is 1. The number of rotatable bonds is 15. The molecule has 1 unspecified atom stereocenters. The zero-order valence-corrected chi connectivity index (χ0v) is 16.4. The molecule has 0 saturated carbocycles. The van der Waals surface area contributed by atoms with Gasteiger partial charge >= 0.3 is 0 Å². The molecule has 0 aliphatic rings. The number of hydrogen-bond acceptors (Lipinski definition) is 1. The quantitative estimate of drug-likeness (QED) is 0.334. The van der Waals surface area contributed by atoms with Gasteiger partial charge in [-0.3, -0.25) is 0 Å². The third kappa shape index (κ3) is 9.47. The van der Waals surface area contributed by atoms with E-state index in [1.807, 2.05) is 0 Å². The molecule has 0 saturated heterocycles. The Kier molecular flexibility index (Phi) is 12.8. The van der Waals surface area contributed by atoms with Crippen LogP contribution in [0, 0.1) is 0 Å². The van der Waals surface area contributed by atoms with E-state index in [-0.39, 0.29) is 6.04 Å². The predicted octanol–water partition coefficient (Wildman–Crippen LogP) is 7.34. The highest BCUT2D eigenvalue weighted by Crippen LogP contribution is 2.22. The van der Waals surface area contributed by atoms with Gasteiger partial charge in [0.15, 0.2) is 0 Å². The lowest BCUT2D eigenvalue weighted by Gasteiger charge is -2.16. The lowest BCUT2D eigenvalue weighted by Crippen LogP contribution is -2.12. The van der Waals surface area contributed by atoms with Gasteiger partial charge in [0, 0.05) is 6.04 Å². The lowest BCUT2D eigenvalue weighted by atomic mass is 9.94. The smallest absolute Gasteiger partial charge is 0.0297 e. The molecule has 2 N–H and O–H groups in total. The summed E-state index contributed by atoms with van der Waals surface area (Å²) < 4.78 is 0. The van der Waals surface area contributed by atoms with Crippen LogP contribution in [0.5, 0.6) is 0 Å². The minimum Gasteiger partial charge on any atom is -0.324 e. The van der Waals surface area contributed by atoms with E-state index in [0.29, 0.717) is 0 Å². The van der Waals surface area contributed by atoms with Crippen molar-refractivity contribution in [3.05, 3.63) is 35.4 Å². The first kappa shape index (κ1) is 21.2. The highest BCUT2D eigenvalue weighted by molar-refractivity contribution is 5.29. The van der Waals surface area contributed by atoms with Gasteiger partial charge in [-0.15, -0.1) is 0 Å². The Morgan fingerprint density at radius 1 is 0.708 bits per heavy atom. The molecular weight excluding hydrogens is 290 g/mol. The molecule has 0 fully saturated rings. The molecule has 0 amide bonds. The van der Waals surface area contributed by atoms with Crippen LogP contribution < -0.4 is 5.73 Å². The zero-order chi connectivity index (χ0) is 17.5. The molecule has 0 radical (unpaired) electrons. The second-order valence-corrected chi connectivity index (χ2v) is 7.38. The number of aryl methyl sites for hydroxylation is 1. The summed E-state index contributed by atoms with van der Waals surface area (Å²) in [6.45, 7) is 4.53. The highest BCUT2D eigenvalue weighted by Gasteiger charge is 2.09. The molecule has 0 bridgehead atoms. The van der Waals surface area contributed by atoms with Gasteiger partial charge in [0.05, 0.1) is 0 Å². The van der Waals surface area contributed by atoms with Crippen LogP contribution in [0.4, 0.5) is 0 Å². The molecule has 0 aromatic heterocycles. The van der Waals surface area contributed by atoms with Crippen LogP contribution in [0.25, 0.3) is 0 Å². The first-order valence-corrected chi connectivity index (χ1v) is 10.6. The third-order valence-corrected chi connectivity index (χ3v) is 5.09. The van der Waals surface area contributed by atoms with Crippen molar-refractivity contribution in [2.24, 2.45) is 5.73 Å². The van der Waals surface area contributed by atoms with E-state index >= 15 is 0 Å². The van der Waals surface area contributed by atoms with Crippen LogP contribution in [0.2, 0.25) is 0 Å². The van der Waals surface area contributed by atoms with Gasteiger partial charge in [-0.25, -0.2) is 0 Å². The van der Waals surface area contributed by atoms with Crippen molar-refractivity contribution in [3.8, 4) is 0 Å². The van der Waals surface area contributed by atoms with Gasteiger partial charge in [0.1, 0.15) is 0 Å². The average molecular weight is 332 g/mol. The summed E-state index contributed by atoms with van der Waals surface area (Å²) in [5, 5.41) is 0. The maximum absolute atomic E-state index is 6.45. The van der Waals surface area contributed by atoms with E-state index in [4.69, 9.17) is 5.73 Å². The molecule has 1 atom stereocenters. The van der Waals surface area contributed by atoms with E-state index in [1.54, 1.807) is 0 Å². The molecule has 1 heteroatoms. The van der Waals surface area contributed by atoms with Gasteiger partial charge in [0.2, 0.25) is 0 Å². The van der Waals surface area contributed by atoms with Crippen LogP contribution in [-0.4, -0.2) is 0 Å².